The van der Waals surface area contributed by atoms with Crippen LogP contribution in [-0.2, 0) is 40.1 Å². The van der Waals surface area contributed by atoms with Gasteiger partial charge in [0, 0.05) is 13.7 Å². The molecular formula is C27H26F9NO3. The summed E-state index contributed by atoms with van der Waals surface area (Å²) in [5, 5.41) is 0. The molecule has 4 nitrogen and oxygen atoms in total. The van der Waals surface area contributed by atoms with E-state index in [4.69, 9.17) is 9.47 Å². The summed E-state index contributed by atoms with van der Waals surface area (Å²) in [5.41, 5.74) is -5.00. The third-order valence-electron chi connectivity index (χ3n) is 7.46. The lowest BCUT2D eigenvalue weighted by Gasteiger charge is -2.35. The molecule has 0 N–H and O–H groups in total. The fraction of sp³-hybridized carbons (Fsp3) is 0.519. The summed E-state index contributed by atoms with van der Waals surface area (Å²) in [7, 11) is 1.46. The van der Waals surface area contributed by atoms with Crippen molar-refractivity contribution < 1.29 is 53.8 Å². The van der Waals surface area contributed by atoms with Crippen LogP contribution in [0.25, 0.3) is 0 Å². The summed E-state index contributed by atoms with van der Waals surface area (Å²) >= 11 is 0. The summed E-state index contributed by atoms with van der Waals surface area (Å²) in [4.78, 5) is 13.7. The van der Waals surface area contributed by atoms with E-state index >= 15 is 0 Å². The summed E-state index contributed by atoms with van der Waals surface area (Å²) in [5.74, 6) is 0. The molecule has 1 unspecified atom stereocenters. The van der Waals surface area contributed by atoms with E-state index in [9.17, 15) is 44.3 Å². The predicted molar refractivity (Wildman–Crippen MR) is 124 cm³/mol. The molecule has 1 aliphatic heterocycles. The van der Waals surface area contributed by atoms with Crippen LogP contribution in [0.2, 0.25) is 0 Å². The number of hydrogen-bond acceptors (Lipinski definition) is 3. The van der Waals surface area contributed by atoms with Crippen molar-refractivity contribution in [3.63, 3.8) is 0 Å². The average molecular weight is 583 g/mol. The third-order valence-corrected chi connectivity index (χ3v) is 7.46. The number of cyclic esters (lactones) is 1. The van der Waals surface area contributed by atoms with Gasteiger partial charge in [0.1, 0.15) is 6.10 Å². The normalized spacial score (nSPS) is 20.4. The number of ether oxygens (including phenoxy) is 2. The van der Waals surface area contributed by atoms with Crippen LogP contribution in [0.3, 0.4) is 0 Å². The number of amides is 1. The fourth-order valence-electron chi connectivity index (χ4n) is 5.41. The number of halogens is 9. The summed E-state index contributed by atoms with van der Waals surface area (Å²) in [6, 6.07) is 4.04. The van der Waals surface area contributed by atoms with Gasteiger partial charge >= 0.3 is 24.6 Å². The second-order valence-electron chi connectivity index (χ2n) is 10.1. The highest BCUT2D eigenvalue weighted by Crippen LogP contribution is 2.44. The van der Waals surface area contributed by atoms with Gasteiger partial charge in [-0.25, -0.2) is 4.79 Å². The van der Waals surface area contributed by atoms with Crippen LogP contribution < -0.4 is 0 Å². The lowest BCUT2D eigenvalue weighted by atomic mass is 9.82. The zero-order valence-corrected chi connectivity index (χ0v) is 21.3. The minimum Gasteiger partial charge on any atom is -0.439 e. The molecule has 4 rings (SSSR count). The smallest absolute Gasteiger partial charge is 0.416 e. The topological polar surface area (TPSA) is 38.8 Å². The van der Waals surface area contributed by atoms with Gasteiger partial charge in [-0.15, -0.1) is 0 Å². The first-order chi connectivity index (χ1) is 18.5. The molecule has 0 bridgehead atoms. The van der Waals surface area contributed by atoms with Crippen molar-refractivity contribution >= 4 is 6.09 Å². The van der Waals surface area contributed by atoms with Crippen LogP contribution in [0.15, 0.2) is 36.4 Å². The van der Waals surface area contributed by atoms with E-state index in [-0.39, 0.29) is 11.6 Å². The van der Waals surface area contributed by atoms with Gasteiger partial charge in [0.25, 0.3) is 0 Å². The van der Waals surface area contributed by atoms with Crippen LogP contribution >= 0.6 is 0 Å². The molecule has 2 fully saturated rings. The third kappa shape index (κ3) is 6.34. The molecule has 2 aromatic rings. The minimum absolute atomic E-state index is 0.0378. The number of carbonyl (C=O) groups excluding carboxylic acids is 1. The van der Waals surface area contributed by atoms with Gasteiger partial charge in [-0.1, -0.05) is 31.7 Å². The van der Waals surface area contributed by atoms with Crippen LogP contribution in [0, 0.1) is 0 Å². The molecule has 13 heteroatoms. The minimum atomic E-state index is -5.10. The molecule has 220 valence electrons. The summed E-state index contributed by atoms with van der Waals surface area (Å²) in [6.45, 7) is -0.877. The summed E-state index contributed by atoms with van der Waals surface area (Å²) in [6.07, 6.45) is -13.1. The Balaban J connectivity index is 1.70. The first kappa shape index (κ1) is 30.0. The Hall–Kier alpha value is -2.96. The monoisotopic (exact) mass is 583 g/mol. The van der Waals surface area contributed by atoms with E-state index < -0.39 is 71.7 Å². The number of nitrogens with zero attached hydrogens (tertiary/aromatic N) is 1. The highest BCUT2D eigenvalue weighted by atomic mass is 19.4. The highest BCUT2D eigenvalue weighted by molar-refractivity contribution is 5.70. The number of rotatable bonds is 5. The number of benzene rings is 2. The molecule has 1 heterocycles. The maximum absolute atomic E-state index is 13.6. The SMILES string of the molecule is COC1(c2ccc(C(F)(F)F)cc2CN2CC(c3cc(C(F)(F)F)cc(C(F)(F)F)c3)OC2=O)CCCCCC1. The lowest BCUT2D eigenvalue weighted by molar-refractivity contribution is -0.143. The highest BCUT2D eigenvalue weighted by Gasteiger charge is 2.42. The van der Waals surface area contributed by atoms with Gasteiger partial charge < -0.3 is 9.47 Å². The zero-order valence-electron chi connectivity index (χ0n) is 21.3. The lowest BCUT2D eigenvalue weighted by Crippen LogP contribution is -2.32. The van der Waals surface area contributed by atoms with E-state index in [0.717, 1.165) is 42.7 Å². The summed E-state index contributed by atoms with van der Waals surface area (Å²) < 4.78 is 132. The number of hydrogen-bond donors (Lipinski definition) is 0. The second kappa shape index (κ2) is 10.8. The molecule has 1 atom stereocenters. The Bertz CT molecular complexity index is 1200. The first-order valence-electron chi connectivity index (χ1n) is 12.5. The number of alkyl halides is 9. The maximum atomic E-state index is 13.6. The molecule has 0 aromatic heterocycles. The molecule has 0 spiro atoms. The van der Waals surface area contributed by atoms with Crippen molar-refractivity contribution in [2.45, 2.75) is 75.3 Å². The van der Waals surface area contributed by atoms with Crippen molar-refractivity contribution in [2.75, 3.05) is 13.7 Å². The average Bonchev–Trinajstić information content (AvgIpc) is 3.07. The molecule has 2 aliphatic rings. The van der Waals surface area contributed by atoms with E-state index in [0.29, 0.717) is 30.5 Å². The molecular weight excluding hydrogens is 557 g/mol. The van der Waals surface area contributed by atoms with E-state index in [1.807, 2.05) is 0 Å². The molecule has 2 aromatic carbocycles. The van der Waals surface area contributed by atoms with Crippen LogP contribution in [0.4, 0.5) is 44.3 Å². The zero-order chi connectivity index (χ0) is 29.5. The molecule has 1 aliphatic carbocycles. The second-order valence-corrected chi connectivity index (χ2v) is 10.1. The standard InChI is InChI=1S/C27H26F9NO3/c1-39-24(8-4-2-3-5-9-24)21-7-6-18(25(28,29)30)12-17(21)14-37-15-22(40-23(37)38)16-10-19(26(31,32)33)13-20(11-16)27(34,35)36/h6-7,10-13,22H,2-5,8-9,14-15H2,1H3. The van der Waals surface area contributed by atoms with Gasteiger partial charge in [0.2, 0.25) is 0 Å². The van der Waals surface area contributed by atoms with Crippen molar-refractivity contribution in [3.8, 4) is 0 Å². The van der Waals surface area contributed by atoms with E-state index in [1.54, 1.807) is 0 Å². The Labute approximate surface area is 224 Å². The quantitative estimate of drug-likeness (QED) is 0.261. The fourth-order valence-corrected chi connectivity index (χ4v) is 5.41. The van der Waals surface area contributed by atoms with E-state index in [2.05, 4.69) is 0 Å². The van der Waals surface area contributed by atoms with Gasteiger partial charge in [0.05, 0.1) is 28.8 Å². The molecule has 1 amide bonds. The van der Waals surface area contributed by atoms with Crippen LogP contribution in [-0.4, -0.2) is 24.6 Å². The molecule has 40 heavy (non-hydrogen) atoms. The van der Waals surface area contributed by atoms with E-state index in [1.165, 1.54) is 13.2 Å². The molecule has 0 radical (unpaired) electrons. The Kier molecular flexibility index (Phi) is 8.09. The first-order valence-corrected chi connectivity index (χ1v) is 12.5. The van der Waals surface area contributed by atoms with Gasteiger partial charge in [-0.2, -0.15) is 39.5 Å². The van der Waals surface area contributed by atoms with Crippen molar-refractivity contribution in [3.05, 3.63) is 69.8 Å². The number of methoxy groups -OCH3 is 1. The van der Waals surface area contributed by atoms with Gasteiger partial charge in [-0.3, -0.25) is 4.90 Å². The largest absolute Gasteiger partial charge is 0.439 e. The van der Waals surface area contributed by atoms with Crippen LogP contribution in [0.1, 0.15) is 78.0 Å². The van der Waals surface area contributed by atoms with Crippen molar-refractivity contribution in [1.29, 1.82) is 0 Å². The Morgan fingerprint density at radius 3 is 1.88 bits per heavy atom. The van der Waals surface area contributed by atoms with Crippen molar-refractivity contribution in [1.82, 2.24) is 4.90 Å². The van der Waals surface area contributed by atoms with Crippen LogP contribution in [0.5, 0.6) is 0 Å². The van der Waals surface area contributed by atoms with Gasteiger partial charge in [0.15, 0.2) is 0 Å². The predicted octanol–water partition coefficient (Wildman–Crippen LogP) is 8.63. The maximum Gasteiger partial charge on any atom is 0.416 e. The number of carbonyl (C=O) groups is 1. The Morgan fingerprint density at radius 2 is 1.38 bits per heavy atom. The molecule has 1 saturated heterocycles. The van der Waals surface area contributed by atoms with Gasteiger partial charge in [-0.05, 0) is 59.9 Å². The molecule has 1 saturated carbocycles. The van der Waals surface area contributed by atoms with Crippen molar-refractivity contribution in [2.24, 2.45) is 0 Å². The Morgan fingerprint density at radius 1 is 0.825 bits per heavy atom.